The van der Waals surface area contributed by atoms with E-state index in [2.05, 4.69) is 118 Å². The molecule has 0 aliphatic carbocycles. The van der Waals surface area contributed by atoms with Crippen LogP contribution < -0.4 is 0 Å². The molecule has 0 heterocycles. The molecule has 0 aliphatic rings. The zero-order chi connectivity index (χ0) is 62.4. The molecule has 4 N–H and O–H groups in total. The summed E-state index contributed by atoms with van der Waals surface area (Å²) in [5, 5.41) is 20.5. The summed E-state index contributed by atoms with van der Waals surface area (Å²) in [4.78, 5) is 58.3. The first-order chi connectivity index (χ1) is 41.2. The summed E-state index contributed by atoms with van der Waals surface area (Å²) < 4.78 is 60.8. The third-order valence-corrected chi connectivity index (χ3v) is 15.2. The maximum atomic E-state index is 12.9. The van der Waals surface area contributed by atoms with Gasteiger partial charge in [-0.3, -0.25) is 32.5 Å². The van der Waals surface area contributed by atoms with E-state index >= 15 is 0 Å². The number of unbranched alkanes of at least 4 members (excludes halogenated alkanes) is 22. The molecule has 5 unspecified atom stereocenters. The molecule has 0 aromatic carbocycles. The Labute approximate surface area is 514 Å². The van der Waals surface area contributed by atoms with Gasteiger partial charge in [0.1, 0.15) is 25.4 Å². The number of ether oxygens (including phenoxy) is 3. The van der Waals surface area contributed by atoms with Crippen LogP contribution in [0.5, 0.6) is 0 Å². The van der Waals surface area contributed by atoms with Gasteiger partial charge in [0.25, 0.3) is 0 Å². The highest BCUT2D eigenvalue weighted by Crippen LogP contribution is 2.45. The number of aliphatic hydroxyl groups is 2. The van der Waals surface area contributed by atoms with Crippen molar-refractivity contribution >= 4 is 33.6 Å². The van der Waals surface area contributed by atoms with Gasteiger partial charge >= 0.3 is 33.6 Å². The summed E-state index contributed by atoms with van der Waals surface area (Å²) in [6, 6.07) is 0. The van der Waals surface area contributed by atoms with Crippen molar-refractivity contribution < 1.29 is 75.8 Å². The quantitative estimate of drug-likeness (QED) is 0.0146. The van der Waals surface area contributed by atoms with Crippen LogP contribution in [0.15, 0.2) is 97.2 Å². The van der Waals surface area contributed by atoms with Gasteiger partial charge < -0.3 is 34.2 Å². The lowest BCUT2D eigenvalue weighted by Crippen LogP contribution is -2.30. The predicted octanol–water partition coefficient (Wildman–Crippen LogP) is 17.5. The number of rotatable bonds is 61. The maximum absolute atomic E-state index is 12.9. The Hall–Kier alpha value is -3.53. The van der Waals surface area contributed by atoms with E-state index in [1.807, 2.05) is 0 Å². The van der Waals surface area contributed by atoms with Crippen LogP contribution in [0.3, 0.4) is 0 Å². The minimum Gasteiger partial charge on any atom is -0.463 e. The van der Waals surface area contributed by atoms with Gasteiger partial charge in [0, 0.05) is 19.3 Å². The van der Waals surface area contributed by atoms with E-state index in [0.29, 0.717) is 19.3 Å². The molecule has 18 heteroatoms. The third-order valence-electron chi connectivity index (χ3n) is 13.3. The average Bonchev–Trinajstić information content (AvgIpc) is 3.52. The van der Waals surface area contributed by atoms with Gasteiger partial charge in [-0.1, -0.05) is 214 Å². The summed E-state index contributed by atoms with van der Waals surface area (Å²) in [5.41, 5.74) is 0. The maximum Gasteiger partial charge on any atom is 0.472 e. The molecule has 0 saturated carbocycles. The van der Waals surface area contributed by atoms with Gasteiger partial charge in [-0.15, -0.1) is 0 Å². The number of carbonyl (C=O) groups is 3. The van der Waals surface area contributed by atoms with Crippen LogP contribution in [-0.4, -0.2) is 95.9 Å². The van der Waals surface area contributed by atoms with Crippen LogP contribution >= 0.6 is 15.6 Å². The van der Waals surface area contributed by atoms with Crippen molar-refractivity contribution in [3.8, 4) is 0 Å². The lowest BCUT2D eigenvalue weighted by atomic mass is 10.1. The second-order valence-electron chi connectivity index (χ2n) is 21.5. The number of aliphatic hydroxyl groups excluding tert-OH is 2. The van der Waals surface area contributed by atoms with E-state index < -0.39 is 91.5 Å². The zero-order valence-electron chi connectivity index (χ0n) is 52.8. The average molecular weight is 1240 g/mol. The van der Waals surface area contributed by atoms with Crippen molar-refractivity contribution in [2.75, 3.05) is 39.6 Å². The Morgan fingerprint density at radius 1 is 0.341 bits per heavy atom. The molecule has 0 fully saturated rings. The number of esters is 3. The van der Waals surface area contributed by atoms with E-state index in [0.717, 1.165) is 154 Å². The molecule has 0 saturated heterocycles. The second kappa shape index (κ2) is 60.7. The lowest BCUT2D eigenvalue weighted by Gasteiger charge is -2.21. The zero-order valence-corrected chi connectivity index (χ0v) is 54.5. The molecule has 0 aromatic heterocycles. The predicted molar refractivity (Wildman–Crippen MR) is 344 cm³/mol. The van der Waals surface area contributed by atoms with Crippen LogP contribution in [-0.2, 0) is 55.8 Å². The Kier molecular flexibility index (Phi) is 58.2. The second-order valence-corrected chi connectivity index (χ2v) is 24.4. The number of carbonyl (C=O) groups excluding carboxylic acids is 3. The Morgan fingerprint density at radius 2 is 0.624 bits per heavy atom. The summed E-state index contributed by atoms with van der Waals surface area (Å²) >= 11 is 0. The Balaban J connectivity index is 4.69. The highest BCUT2D eigenvalue weighted by molar-refractivity contribution is 7.47. The van der Waals surface area contributed by atoms with Crippen molar-refractivity contribution in [3.05, 3.63) is 97.2 Å². The Morgan fingerprint density at radius 3 is 1.00 bits per heavy atom. The first kappa shape index (κ1) is 81.5. The highest BCUT2D eigenvalue weighted by atomic mass is 31.2. The fraction of sp³-hybridized carbons (Fsp3) is 0.716. The summed E-state index contributed by atoms with van der Waals surface area (Å²) in [6.45, 7) is 2.38. The number of allylic oxidation sites excluding steroid dienone is 16. The molecule has 490 valence electrons. The van der Waals surface area contributed by atoms with Crippen LogP contribution in [0, 0.1) is 0 Å². The fourth-order valence-electron chi connectivity index (χ4n) is 8.33. The topological polar surface area (TPSA) is 231 Å². The van der Waals surface area contributed by atoms with Gasteiger partial charge in [0.2, 0.25) is 0 Å². The SMILES string of the molecule is CC/C=C\C/C=C\C/C=C\C/C=C\CCCCCCCCC(=O)OCC(O)COP(=O)(O)OCC(O)COP(=O)(O)OCC(COC(=O)CCCCCCC/C=C\C/C=C\C/C=C\CC)OC(=O)CCCCCCC/C=C\CCCCCCCC. The molecule has 85 heavy (non-hydrogen) atoms. The molecule has 5 atom stereocenters. The molecule has 0 aliphatic heterocycles. The fourth-order valence-corrected chi connectivity index (χ4v) is 9.92. The van der Waals surface area contributed by atoms with E-state index in [4.69, 9.17) is 32.3 Å². The highest BCUT2D eigenvalue weighted by Gasteiger charge is 2.29. The van der Waals surface area contributed by atoms with Crippen LogP contribution in [0.25, 0.3) is 0 Å². The molecule has 0 spiro atoms. The van der Waals surface area contributed by atoms with Crippen LogP contribution in [0.1, 0.15) is 252 Å². The number of phosphoric acid groups is 2. The molecule has 16 nitrogen and oxygen atoms in total. The molecule has 0 rings (SSSR count). The van der Waals surface area contributed by atoms with Gasteiger partial charge in [-0.25, -0.2) is 9.13 Å². The molecule has 0 radical (unpaired) electrons. The van der Waals surface area contributed by atoms with Crippen molar-refractivity contribution in [1.82, 2.24) is 0 Å². The smallest absolute Gasteiger partial charge is 0.463 e. The van der Waals surface area contributed by atoms with E-state index in [1.165, 1.54) is 38.5 Å². The largest absolute Gasteiger partial charge is 0.472 e. The molecule has 0 amide bonds. The first-order valence-electron chi connectivity index (χ1n) is 32.5. The van der Waals surface area contributed by atoms with E-state index in [1.54, 1.807) is 0 Å². The first-order valence-corrected chi connectivity index (χ1v) is 35.5. The lowest BCUT2D eigenvalue weighted by molar-refractivity contribution is -0.161. The van der Waals surface area contributed by atoms with Gasteiger partial charge in [0.15, 0.2) is 6.10 Å². The molecular weight excluding hydrogens is 1120 g/mol. The van der Waals surface area contributed by atoms with Crippen molar-refractivity contribution in [2.45, 2.75) is 270 Å². The van der Waals surface area contributed by atoms with Crippen molar-refractivity contribution in [2.24, 2.45) is 0 Å². The third kappa shape index (κ3) is 61.9. The monoisotopic (exact) mass is 1240 g/mol. The number of hydrogen-bond donors (Lipinski definition) is 4. The summed E-state index contributed by atoms with van der Waals surface area (Å²) in [6.07, 6.45) is 64.6. The van der Waals surface area contributed by atoms with E-state index in [9.17, 15) is 43.5 Å². The molecule has 0 aromatic rings. The summed E-state index contributed by atoms with van der Waals surface area (Å²) in [5.74, 6) is -1.62. The van der Waals surface area contributed by atoms with E-state index in [-0.39, 0.29) is 19.3 Å². The Bertz CT molecular complexity index is 1940. The minimum atomic E-state index is -4.93. The van der Waals surface area contributed by atoms with Crippen molar-refractivity contribution in [3.63, 3.8) is 0 Å². The van der Waals surface area contributed by atoms with Crippen LogP contribution in [0.4, 0.5) is 0 Å². The van der Waals surface area contributed by atoms with Crippen LogP contribution in [0.2, 0.25) is 0 Å². The van der Waals surface area contributed by atoms with Gasteiger partial charge in [0.05, 0.1) is 26.4 Å². The minimum absolute atomic E-state index is 0.0898. The van der Waals surface area contributed by atoms with Gasteiger partial charge in [-0.05, 0) is 116 Å². The van der Waals surface area contributed by atoms with Crippen molar-refractivity contribution in [1.29, 1.82) is 0 Å². The van der Waals surface area contributed by atoms with Gasteiger partial charge in [-0.2, -0.15) is 0 Å². The molecule has 0 bridgehead atoms. The number of phosphoric ester groups is 2. The molecular formula is C67H116O16P2. The standard InChI is InChI=1S/C67H116O16P2/c1-4-7-10-13-16-19-22-25-28-29-30-31-34-36-38-41-44-47-50-53-65(70)77-56-62(68)57-79-84(73,74)80-58-63(69)59-81-85(75,76)82-61-64(83-67(72)55-52-49-46-43-40-37-33-27-24-21-18-15-12-9-6-3)60-78-66(71)54-51-48-45-42-39-35-32-26-23-20-17-14-11-8-5-2/h7-8,10-11,16-17,19-20,25-28,30-33,62-64,68-69H,4-6,9,12-15,18,21-24,29,34-61H2,1-3H3,(H,73,74)(H,75,76)/b10-7-,11-8-,19-16-,20-17-,28-25-,31-30-,32-26-,33-27-. The summed E-state index contributed by atoms with van der Waals surface area (Å²) in [7, 11) is -9.78. The number of hydrogen-bond acceptors (Lipinski definition) is 14. The normalized spacial score (nSPS) is 15.0.